The number of benzene rings is 2. The summed E-state index contributed by atoms with van der Waals surface area (Å²) >= 11 is 5.87. The van der Waals surface area contributed by atoms with Crippen LogP contribution in [0.1, 0.15) is 28.8 Å². The molecule has 0 fully saturated rings. The number of carbonyl (C=O) groups is 1. The zero-order chi connectivity index (χ0) is 16.4. The molecule has 0 spiro atoms. The fourth-order valence-electron chi connectivity index (χ4n) is 2.84. The van der Waals surface area contributed by atoms with E-state index in [2.05, 4.69) is 6.07 Å². The number of hydrogen-bond donors (Lipinski definition) is 1. The van der Waals surface area contributed by atoms with E-state index in [-0.39, 0.29) is 18.0 Å². The van der Waals surface area contributed by atoms with Gasteiger partial charge >= 0.3 is 0 Å². The molecule has 1 aliphatic heterocycles. The van der Waals surface area contributed by atoms with Gasteiger partial charge in [-0.05, 0) is 35.9 Å². The number of fused-ring (bicyclic) bond motifs is 1. The summed E-state index contributed by atoms with van der Waals surface area (Å²) in [5, 5.41) is 19.1. The largest absolute Gasteiger partial charge is 0.508 e. The van der Waals surface area contributed by atoms with Crippen molar-refractivity contribution in [2.24, 2.45) is 0 Å². The fraction of sp³-hybridized carbons (Fsp3) is 0.222. The second-order valence-electron chi connectivity index (χ2n) is 5.56. The van der Waals surface area contributed by atoms with Crippen LogP contribution in [0.4, 0.5) is 0 Å². The third-order valence-corrected chi connectivity index (χ3v) is 4.24. The maximum absolute atomic E-state index is 13.0. The molecule has 2 aromatic rings. The zero-order valence-corrected chi connectivity index (χ0v) is 13.0. The molecule has 0 bridgehead atoms. The highest BCUT2D eigenvalue weighted by molar-refractivity contribution is 6.30. The number of phenolic OH excluding ortho intramolecular Hbond substituents is 1. The highest BCUT2D eigenvalue weighted by Gasteiger charge is 2.46. The SMILES string of the molecule is N#CCCC1(C(=O)c2ccc(Cl)cc2)Cc2ccc(O)cc2O1. The summed E-state index contributed by atoms with van der Waals surface area (Å²) in [6.45, 7) is 0. The molecular formula is C18H14ClNO3. The first-order valence-electron chi connectivity index (χ1n) is 7.22. The van der Waals surface area contributed by atoms with Gasteiger partial charge in [0.25, 0.3) is 0 Å². The summed E-state index contributed by atoms with van der Waals surface area (Å²) < 4.78 is 5.93. The number of hydrogen-bond acceptors (Lipinski definition) is 4. The highest BCUT2D eigenvalue weighted by atomic mass is 35.5. The smallest absolute Gasteiger partial charge is 0.206 e. The second kappa shape index (κ2) is 5.94. The van der Waals surface area contributed by atoms with E-state index in [0.29, 0.717) is 29.2 Å². The molecule has 1 N–H and O–H groups in total. The van der Waals surface area contributed by atoms with Crippen LogP contribution in [-0.4, -0.2) is 16.5 Å². The molecule has 23 heavy (non-hydrogen) atoms. The number of phenols is 1. The molecule has 116 valence electrons. The third-order valence-electron chi connectivity index (χ3n) is 3.99. The summed E-state index contributed by atoms with van der Waals surface area (Å²) in [6, 6.07) is 13.5. The Labute approximate surface area is 138 Å². The van der Waals surface area contributed by atoms with Crippen LogP contribution in [0.5, 0.6) is 11.5 Å². The van der Waals surface area contributed by atoms with E-state index in [9.17, 15) is 9.90 Å². The van der Waals surface area contributed by atoms with Crippen LogP contribution in [0.15, 0.2) is 42.5 Å². The van der Waals surface area contributed by atoms with Gasteiger partial charge in [-0.15, -0.1) is 0 Å². The minimum absolute atomic E-state index is 0.0822. The lowest BCUT2D eigenvalue weighted by Gasteiger charge is -2.26. The van der Waals surface area contributed by atoms with Gasteiger partial charge < -0.3 is 9.84 Å². The topological polar surface area (TPSA) is 70.3 Å². The van der Waals surface area contributed by atoms with E-state index in [1.807, 2.05) is 0 Å². The minimum Gasteiger partial charge on any atom is -0.508 e. The van der Waals surface area contributed by atoms with Crippen molar-refractivity contribution in [2.45, 2.75) is 24.9 Å². The number of Topliss-reactive ketones (excluding diaryl/α,β-unsaturated/α-hetero) is 1. The van der Waals surface area contributed by atoms with Crippen molar-refractivity contribution in [3.05, 3.63) is 58.6 Å². The number of halogens is 1. The number of carbonyl (C=O) groups excluding carboxylic acids is 1. The summed E-state index contributed by atoms with van der Waals surface area (Å²) in [5.41, 5.74) is 0.229. The van der Waals surface area contributed by atoms with Crippen LogP contribution >= 0.6 is 11.6 Å². The Morgan fingerprint density at radius 2 is 2.04 bits per heavy atom. The van der Waals surface area contributed by atoms with Gasteiger partial charge in [-0.1, -0.05) is 17.7 Å². The first kappa shape index (κ1) is 15.4. The Morgan fingerprint density at radius 1 is 1.30 bits per heavy atom. The fourth-order valence-corrected chi connectivity index (χ4v) is 2.97. The Kier molecular flexibility index (Phi) is 3.97. The molecule has 0 saturated heterocycles. The third kappa shape index (κ3) is 2.88. The van der Waals surface area contributed by atoms with Crippen molar-refractivity contribution in [1.29, 1.82) is 5.26 Å². The molecule has 0 saturated carbocycles. The Morgan fingerprint density at radius 3 is 2.74 bits per heavy atom. The first-order chi connectivity index (χ1) is 11.0. The Hall–Kier alpha value is -2.51. The maximum atomic E-state index is 13.0. The number of ether oxygens (including phenoxy) is 1. The maximum Gasteiger partial charge on any atom is 0.206 e. The lowest BCUT2D eigenvalue weighted by Crippen LogP contribution is -2.43. The molecule has 1 aliphatic rings. The molecule has 1 heterocycles. The van der Waals surface area contributed by atoms with Crippen molar-refractivity contribution < 1.29 is 14.6 Å². The van der Waals surface area contributed by atoms with Gasteiger partial charge in [0.2, 0.25) is 5.78 Å². The van der Waals surface area contributed by atoms with Gasteiger partial charge in [-0.25, -0.2) is 0 Å². The number of aromatic hydroxyl groups is 1. The van der Waals surface area contributed by atoms with Gasteiger partial charge in [-0.3, -0.25) is 4.79 Å². The van der Waals surface area contributed by atoms with E-state index in [1.54, 1.807) is 36.4 Å². The van der Waals surface area contributed by atoms with E-state index < -0.39 is 5.60 Å². The molecule has 0 aliphatic carbocycles. The summed E-state index contributed by atoms with van der Waals surface area (Å²) in [5.74, 6) is 0.393. The standard InChI is InChI=1S/C18H14ClNO3/c19-14-5-2-12(3-6-14)17(22)18(8-1-9-20)11-13-4-7-15(21)10-16(13)23-18/h2-7,10,21H,1,8,11H2. The molecular weight excluding hydrogens is 314 g/mol. The van der Waals surface area contributed by atoms with E-state index in [0.717, 1.165) is 5.56 Å². The van der Waals surface area contributed by atoms with Crippen molar-refractivity contribution in [1.82, 2.24) is 0 Å². The van der Waals surface area contributed by atoms with Gasteiger partial charge in [0.05, 0.1) is 6.07 Å². The molecule has 0 radical (unpaired) electrons. The number of nitrogens with zero attached hydrogens (tertiary/aromatic N) is 1. The van der Waals surface area contributed by atoms with Gasteiger partial charge in [0.15, 0.2) is 5.60 Å². The van der Waals surface area contributed by atoms with E-state index in [4.69, 9.17) is 21.6 Å². The molecule has 2 aromatic carbocycles. The monoisotopic (exact) mass is 327 g/mol. The minimum atomic E-state index is -1.11. The van der Waals surface area contributed by atoms with Gasteiger partial charge in [-0.2, -0.15) is 5.26 Å². The first-order valence-corrected chi connectivity index (χ1v) is 7.60. The molecule has 3 rings (SSSR count). The predicted molar refractivity (Wildman–Crippen MR) is 85.8 cm³/mol. The molecule has 5 heteroatoms. The molecule has 1 unspecified atom stereocenters. The quantitative estimate of drug-likeness (QED) is 0.864. The average Bonchev–Trinajstić information content (AvgIpc) is 2.92. The molecule has 4 nitrogen and oxygen atoms in total. The lowest BCUT2D eigenvalue weighted by atomic mass is 9.85. The highest BCUT2D eigenvalue weighted by Crippen LogP contribution is 2.41. The number of ketones is 1. The second-order valence-corrected chi connectivity index (χ2v) is 6.00. The summed E-state index contributed by atoms with van der Waals surface area (Å²) in [7, 11) is 0. The van der Waals surface area contributed by atoms with Crippen molar-refractivity contribution >= 4 is 17.4 Å². The molecule has 0 amide bonds. The van der Waals surface area contributed by atoms with Crippen LogP contribution in [0.25, 0.3) is 0 Å². The van der Waals surface area contributed by atoms with Crippen LogP contribution in [-0.2, 0) is 6.42 Å². The number of nitriles is 1. The number of rotatable bonds is 4. The average molecular weight is 328 g/mol. The van der Waals surface area contributed by atoms with Crippen molar-refractivity contribution in [3.63, 3.8) is 0 Å². The van der Waals surface area contributed by atoms with Crippen molar-refractivity contribution in [2.75, 3.05) is 0 Å². The van der Waals surface area contributed by atoms with E-state index in [1.165, 1.54) is 6.07 Å². The lowest BCUT2D eigenvalue weighted by molar-refractivity contribution is 0.0507. The molecule has 1 atom stereocenters. The van der Waals surface area contributed by atoms with Crippen molar-refractivity contribution in [3.8, 4) is 17.6 Å². The molecule has 0 aromatic heterocycles. The van der Waals surface area contributed by atoms with Crippen LogP contribution in [0.2, 0.25) is 5.02 Å². The Balaban J connectivity index is 1.97. The zero-order valence-electron chi connectivity index (χ0n) is 12.3. The summed E-state index contributed by atoms with van der Waals surface area (Å²) in [6.07, 6.45) is 0.880. The van der Waals surface area contributed by atoms with Gasteiger partial charge in [0, 0.05) is 35.9 Å². The summed E-state index contributed by atoms with van der Waals surface area (Å²) in [4.78, 5) is 13.0. The van der Waals surface area contributed by atoms with Crippen LogP contribution < -0.4 is 4.74 Å². The predicted octanol–water partition coefficient (Wildman–Crippen LogP) is 3.91. The van der Waals surface area contributed by atoms with Crippen LogP contribution in [0.3, 0.4) is 0 Å². The van der Waals surface area contributed by atoms with Gasteiger partial charge in [0.1, 0.15) is 11.5 Å². The van der Waals surface area contributed by atoms with Crippen LogP contribution in [0, 0.1) is 11.3 Å². The Bertz CT molecular complexity index is 795. The van der Waals surface area contributed by atoms with E-state index >= 15 is 0 Å². The normalized spacial score (nSPS) is 18.8.